The van der Waals surface area contributed by atoms with Crippen LogP contribution in [-0.2, 0) is 0 Å². The van der Waals surface area contributed by atoms with Crippen LogP contribution in [0, 0.1) is 46.5 Å². The van der Waals surface area contributed by atoms with Gasteiger partial charge in [0, 0.05) is 45.9 Å². The Morgan fingerprint density at radius 2 is 1.04 bits per heavy atom. The topological polar surface area (TPSA) is 9.72 Å². The molecule has 0 saturated heterocycles. The van der Waals surface area contributed by atoms with Gasteiger partial charge in [-0.1, -0.05) is 94.9 Å². The Morgan fingerprint density at radius 3 is 1.62 bits per heavy atom. The molecule has 0 aromatic heterocycles. The molecule has 0 amide bonds. The molecule has 52 heavy (non-hydrogen) atoms. The molecule has 10 rings (SSSR count). The van der Waals surface area contributed by atoms with Gasteiger partial charge in [-0.2, -0.15) is 0 Å². The highest BCUT2D eigenvalue weighted by molar-refractivity contribution is 7.00. The number of hydrogen-bond donors (Lipinski definition) is 0. The number of fused-ring (bicyclic) bond motifs is 6. The summed E-state index contributed by atoms with van der Waals surface area (Å²) in [6, 6.07) is 47.2. The standard InChI is InChI=1S/C48H46BN3/c1-30-6-16-37(17-7-30)50(38-18-8-31(2)9-19-38)40-28-46-48-47(29-40)52(45-27-35-14-15-36(45)26-35)44-23-13-34(5)25-42(44)49(48)41-24-33(4)12-22-43(41)51(46)39-20-10-32(3)11-21-39/h6-13,16-25,28-29,35-36,45H,14-15,26-27H2,1-5H3. The van der Waals surface area contributed by atoms with E-state index in [1.165, 1.54) is 115 Å². The van der Waals surface area contributed by atoms with Gasteiger partial charge in [0.15, 0.2) is 0 Å². The van der Waals surface area contributed by atoms with E-state index < -0.39 is 0 Å². The van der Waals surface area contributed by atoms with Crippen LogP contribution >= 0.6 is 0 Å². The van der Waals surface area contributed by atoms with Crippen molar-refractivity contribution in [3.8, 4) is 0 Å². The summed E-state index contributed by atoms with van der Waals surface area (Å²) in [6.07, 6.45) is 5.37. The summed E-state index contributed by atoms with van der Waals surface area (Å²) in [5.41, 5.74) is 20.8. The molecule has 0 N–H and O–H groups in total. The minimum Gasteiger partial charge on any atom is -0.339 e. The molecule has 2 saturated carbocycles. The third-order valence-corrected chi connectivity index (χ3v) is 12.6. The molecule has 3 atom stereocenters. The van der Waals surface area contributed by atoms with E-state index in [9.17, 15) is 0 Å². The normalized spacial score (nSPS) is 19.4. The maximum atomic E-state index is 2.83. The Kier molecular flexibility index (Phi) is 7.22. The second-order valence-electron chi connectivity index (χ2n) is 16.2. The lowest BCUT2D eigenvalue weighted by atomic mass is 9.33. The largest absolute Gasteiger partial charge is 0.339 e. The maximum Gasteiger partial charge on any atom is 0.252 e. The zero-order valence-corrected chi connectivity index (χ0v) is 31.0. The zero-order chi connectivity index (χ0) is 35.2. The SMILES string of the molecule is Cc1ccc(N(c2ccc(C)cc2)c2cc3c4c(c2)N(C2CC5CCC2C5)c2ccc(C)cc2B4c2cc(C)ccc2N3c2ccc(C)cc2)cc1. The molecule has 6 aromatic carbocycles. The van der Waals surface area contributed by atoms with Gasteiger partial charge in [-0.15, -0.1) is 0 Å². The van der Waals surface area contributed by atoms with E-state index in [-0.39, 0.29) is 6.71 Å². The van der Waals surface area contributed by atoms with Crippen LogP contribution in [0.5, 0.6) is 0 Å². The van der Waals surface area contributed by atoms with E-state index >= 15 is 0 Å². The Labute approximate surface area is 309 Å². The van der Waals surface area contributed by atoms with E-state index in [0.717, 1.165) is 11.8 Å². The zero-order valence-electron chi connectivity index (χ0n) is 31.0. The molecule has 0 spiro atoms. The van der Waals surface area contributed by atoms with Crippen LogP contribution in [0.2, 0.25) is 0 Å². The summed E-state index contributed by atoms with van der Waals surface area (Å²) in [6.45, 7) is 11.2. The van der Waals surface area contributed by atoms with Gasteiger partial charge < -0.3 is 14.7 Å². The van der Waals surface area contributed by atoms with E-state index in [0.29, 0.717) is 6.04 Å². The molecular formula is C48H46BN3. The van der Waals surface area contributed by atoms with Crippen molar-refractivity contribution in [2.75, 3.05) is 14.7 Å². The van der Waals surface area contributed by atoms with E-state index in [1.807, 2.05) is 0 Å². The Balaban J connectivity index is 1.31. The van der Waals surface area contributed by atoms with Crippen molar-refractivity contribution in [2.45, 2.75) is 66.3 Å². The molecule has 3 nitrogen and oxygen atoms in total. The Hall–Kier alpha value is -5.22. The minimum absolute atomic E-state index is 0.146. The van der Waals surface area contributed by atoms with Gasteiger partial charge in [0.05, 0.1) is 5.69 Å². The second kappa shape index (κ2) is 11.9. The van der Waals surface area contributed by atoms with Crippen molar-refractivity contribution < 1.29 is 0 Å². The van der Waals surface area contributed by atoms with Gasteiger partial charge in [0.25, 0.3) is 6.71 Å². The van der Waals surface area contributed by atoms with E-state index in [2.05, 4.69) is 171 Å². The molecule has 2 aliphatic heterocycles. The molecule has 3 unspecified atom stereocenters. The number of nitrogens with zero attached hydrogens (tertiary/aromatic N) is 3. The third-order valence-electron chi connectivity index (χ3n) is 12.6. The van der Waals surface area contributed by atoms with Crippen molar-refractivity contribution in [1.82, 2.24) is 0 Å². The monoisotopic (exact) mass is 675 g/mol. The van der Waals surface area contributed by atoms with Gasteiger partial charge in [-0.3, -0.25) is 0 Å². The molecule has 256 valence electrons. The van der Waals surface area contributed by atoms with E-state index in [4.69, 9.17) is 0 Å². The molecule has 0 radical (unpaired) electrons. The summed E-state index contributed by atoms with van der Waals surface area (Å²) in [5.74, 6) is 1.57. The average molecular weight is 676 g/mol. The van der Waals surface area contributed by atoms with Gasteiger partial charge in [0.2, 0.25) is 0 Å². The van der Waals surface area contributed by atoms with Crippen LogP contribution in [0.25, 0.3) is 0 Å². The van der Waals surface area contributed by atoms with E-state index in [1.54, 1.807) is 0 Å². The number of anilines is 8. The summed E-state index contributed by atoms with van der Waals surface area (Å²) in [5, 5.41) is 0. The predicted octanol–water partition coefficient (Wildman–Crippen LogP) is 10.6. The van der Waals surface area contributed by atoms with Crippen LogP contribution in [0.15, 0.2) is 121 Å². The molecule has 6 aromatic rings. The summed E-state index contributed by atoms with van der Waals surface area (Å²) < 4.78 is 0. The number of benzene rings is 6. The van der Waals surface area contributed by atoms with Crippen LogP contribution in [0.1, 0.15) is 53.5 Å². The van der Waals surface area contributed by atoms with Crippen molar-refractivity contribution in [3.05, 3.63) is 149 Å². The number of hydrogen-bond acceptors (Lipinski definition) is 3. The molecule has 4 aliphatic rings. The Bertz CT molecular complexity index is 2300. The summed E-state index contributed by atoms with van der Waals surface area (Å²) >= 11 is 0. The first kappa shape index (κ1) is 31.5. The van der Waals surface area contributed by atoms with Crippen molar-refractivity contribution in [2.24, 2.45) is 11.8 Å². The highest BCUT2D eigenvalue weighted by Crippen LogP contribution is 2.52. The van der Waals surface area contributed by atoms with Gasteiger partial charge in [0.1, 0.15) is 0 Å². The van der Waals surface area contributed by atoms with Crippen LogP contribution in [0.4, 0.5) is 45.5 Å². The van der Waals surface area contributed by atoms with Gasteiger partial charge in [-0.05, 0) is 143 Å². The predicted molar refractivity (Wildman–Crippen MR) is 222 cm³/mol. The van der Waals surface area contributed by atoms with Crippen molar-refractivity contribution in [1.29, 1.82) is 0 Å². The second-order valence-corrected chi connectivity index (χ2v) is 16.2. The van der Waals surface area contributed by atoms with Crippen LogP contribution < -0.4 is 31.1 Å². The molecule has 2 bridgehead atoms. The maximum absolute atomic E-state index is 2.83. The van der Waals surface area contributed by atoms with Crippen LogP contribution in [-0.4, -0.2) is 12.8 Å². The molecule has 2 aliphatic carbocycles. The average Bonchev–Trinajstić information content (AvgIpc) is 3.78. The minimum atomic E-state index is 0.146. The fraction of sp³-hybridized carbons (Fsp3) is 0.250. The third kappa shape index (κ3) is 4.94. The lowest BCUT2D eigenvalue weighted by Gasteiger charge is -2.48. The molecule has 4 heteroatoms. The highest BCUT2D eigenvalue weighted by atomic mass is 15.2. The van der Waals surface area contributed by atoms with Crippen molar-refractivity contribution >= 4 is 68.6 Å². The summed E-state index contributed by atoms with van der Waals surface area (Å²) in [7, 11) is 0. The van der Waals surface area contributed by atoms with Crippen LogP contribution in [0.3, 0.4) is 0 Å². The lowest BCUT2D eigenvalue weighted by molar-refractivity contribution is 0.413. The number of rotatable bonds is 5. The fourth-order valence-corrected chi connectivity index (χ4v) is 10.1. The molecule has 2 heterocycles. The number of aryl methyl sites for hydroxylation is 5. The van der Waals surface area contributed by atoms with Crippen molar-refractivity contribution in [3.63, 3.8) is 0 Å². The fourth-order valence-electron chi connectivity index (χ4n) is 10.1. The first-order valence-corrected chi connectivity index (χ1v) is 19.3. The smallest absolute Gasteiger partial charge is 0.252 e. The molecular weight excluding hydrogens is 629 g/mol. The lowest BCUT2D eigenvalue weighted by Crippen LogP contribution is -2.63. The molecule has 2 fully saturated rings. The Morgan fingerprint density at radius 1 is 0.500 bits per heavy atom. The van der Waals surface area contributed by atoms with Gasteiger partial charge in [-0.25, -0.2) is 0 Å². The van der Waals surface area contributed by atoms with Gasteiger partial charge >= 0.3 is 0 Å². The quantitative estimate of drug-likeness (QED) is 0.168. The first-order chi connectivity index (χ1) is 25.3. The highest BCUT2D eigenvalue weighted by Gasteiger charge is 2.49. The summed E-state index contributed by atoms with van der Waals surface area (Å²) in [4.78, 5) is 7.87. The first-order valence-electron chi connectivity index (χ1n) is 19.3.